The van der Waals surface area contributed by atoms with Crippen LogP contribution in [0.3, 0.4) is 0 Å². The number of rotatable bonds is 3. The van der Waals surface area contributed by atoms with E-state index in [4.69, 9.17) is 11.6 Å². The summed E-state index contributed by atoms with van der Waals surface area (Å²) >= 11 is 11.8. The minimum atomic E-state index is 0.472. The van der Waals surface area contributed by atoms with Gasteiger partial charge >= 0.3 is 0 Å². The first-order valence-corrected chi connectivity index (χ1v) is 7.27. The molecule has 0 radical (unpaired) electrons. The number of anilines is 3. The van der Waals surface area contributed by atoms with Crippen molar-refractivity contribution in [2.24, 2.45) is 0 Å². The molecule has 4 nitrogen and oxygen atoms in total. The topological polar surface area (TPSA) is 49.8 Å². The van der Waals surface area contributed by atoms with E-state index in [9.17, 15) is 0 Å². The van der Waals surface area contributed by atoms with Crippen molar-refractivity contribution >= 4 is 67.6 Å². The van der Waals surface area contributed by atoms with E-state index in [1.807, 2.05) is 18.2 Å². The van der Waals surface area contributed by atoms with Crippen LogP contribution in [0.4, 0.5) is 17.5 Å². The number of hydrogen-bond donors (Lipinski definition) is 2. The minimum absolute atomic E-state index is 0.472. The maximum absolute atomic E-state index is 6.05. The van der Waals surface area contributed by atoms with Gasteiger partial charge < -0.3 is 10.6 Å². The van der Waals surface area contributed by atoms with Gasteiger partial charge in [0.15, 0.2) is 5.82 Å². The van der Waals surface area contributed by atoms with Gasteiger partial charge in [-0.15, -0.1) is 0 Å². The summed E-state index contributed by atoms with van der Waals surface area (Å²) < 4.78 is 2.10. The molecule has 2 aromatic rings. The van der Waals surface area contributed by atoms with Crippen LogP contribution in [-0.4, -0.2) is 17.0 Å². The van der Waals surface area contributed by atoms with Crippen LogP contribution in [0.2, 0.25) is 5.02 Å². The molecule has 0 unspecified atom stereocenters. The molecule has 1 aromatic heterocycles. The summed E-state index contributed by atoms with van der Waals surface area (Å²) in [5.41, 5.74) is 0.901. The molecule has 0 amide bonds. The van der Waals surface area contributed by atoms with Crippen LogP contribution in [0.1, 0.15) is 0 Å². The highest BCUT2D eigenvalue weighted by Gasteiger charge is 2.07. The lowest BCUT2D eigenvalue weighted by Crippen LogP contribution is -2.01. The smallest absolute Gasteiger partial charge is 0.224 e. The van der Waals surface area contributed by atoms with Crippen LogP contribution in [-0.2, 0) is 0 Å². The average Bonchev–Trinajstić information content (AvgIpc) is 2.35. The van der Waals surface area contributed by atoms with Crippen molar-refractivity contribution in [3.8, 4) is 0 Å². The zero-order valence-electron chi connectivity index (χ0n) is 9.34. The van der Waals surface area contributed by atoms with Crippen molar-refractivity contribution in [3.63, 3.8) is 0 Å². The van der Waals surface area contributed by atoms with Crippen LogP contribution in [0.5, 0.6) is 0 Å². The van der Waals surface area contributed by atoms with Gasteiger partial charge in [-0.2, -0.15) is 4.98 Å². The molecule has 0 atom stereocenters. The van der Waals surface area contributed by atoms with E-state index in [0.717, 1.165) is 13.7 Å². The van der Waals surface area contributed by atoms with Crippen LogP contribution in [0, 0.1) is 3.57 Å². The van der Waals surface area contributed by atoms with E-state index in [2.05, 4.69) is 59.1 Å². The fraction of sp³-hybridized carbons (Fsp3) is 0.0909. The van der Waals surface area contributed by atoms with E-state index in [-0.39, 0.29) is 0 Å². The second-order valence-electron chi connectivity index (χ2n) is 3.39. The molecule has 1 aromatic carbocycles. The lowest BCUT2D eigenvalue weighted by molar-refractivity contribution is 1.15. The van der Waals surface area contributed by atoms with Crippen LogP contribution in [0.15, 0.2) is 28.9 Å². The summed E-state index contributed by atoms with van der Waals surface area (Å²) in [4.78, 5) is 8.29. The predicted octanol–water partition coefficient (Wildman–Crippen LogP) is 4.28. The Morgan fingerprint density at radius 3 is 2.83 bits per heavy atom. The summed E-state index contributed by atoms with van der Waals surface area (Å²) in [6, 6.07) is 5.97. The fourth-order valence-electron chi connectivity index (χ4n) is 1.29. The summed E-state index contributed by atoms with van der Waals surface area (Å²) in [6.07, 6.45) is 1.56. The maximum Gasteiger partial charge on any atom is 0.224 e. The van der Waals surface area contributed by atoms with Gasteiger partial charge in [-0.1, -0.05) is 11.6 Å². The number of halogens is 3. The molecule has 0 aliphatic rings. The third kappa shape index (κ3) is 3.24. The van der Waals surface area contributed by atoms with Crippen molar-refractivity contribution in [2.45, 2.75) is 0 Å². The lowest BCUT2D eigenvalue weighted by Gasteiger charge is -2.10. The van der Waals surface area contributed by atoms with Crippen LogP contribution >= 0.6 is 50.1 Å². The second kappa shape index (κ2) is 6.03. The monoisotopic (exact) mass is 438 g/mol. The molecule has 0 spiro atoms. The van der Waals surface area contributed by atoms with Crippen LogP contribution in [0.25, 0.3) is 0 Å². The van der Waals surface area contributed by atoms with Crippen molar-refractivity contribution < 1.29 is 0 Å². The van der Waals surface area contributed by atoms with Gasteiger partial charge in [-0.25, -0.2) is 4.98 Å². The van der Waals surface area contributed by atoms with Crippen molar-refractivity contribution in [2.75, 3.05) is 17.7 Å². The van der Waals surface area contributed by atoms with E-state index in [0.29, 0.717) is 16.8 Å². The standard InChI is InChI=1S/C11H9BrClIN4/c1-15-11-16-5-8(13)10(18-11)17-9-3-2-6(14)4-7(9)12/h2-5H,1H3,(H2,15,16,17,18). The molecular weight excluding hydrogens is 430 g/mol. The Morgan fingerprint density at radius 2 is 2.17 bits per heavy atom. The van der Waals surface area contributed by atoms with Gasteiger partial charge in [0, 0.05) is 15.1 Å². The zero-order valence-corrected chi connectivity index (χ0v) is 13.8. The van der Waals surface area contributed by atoms with E-state index in [1.54, 1.807) is 13.2 Å². The maximum atomic E-state index is 6.05. The molecule has 18 heavy (non-hydrogen) atoms. The number of aromatic nitrogens is 2. The van der Waals surface area contributed by atoms with E-state index >= 15 is 0 Å². The van der Waals surface area contributed by atoms with Crippen molar-refractivity contribution in [1.82, 2.24) is 9.97 Å². The van der Waals surface area contributed by atoms with Gasteiger partial charge in [-0.05, 0) is 56.7 Å². The van der Waals surface area contributed by atoms with Gasteiger partial charge in [0.1, 0.15) is 5.02 Å². The largest absolute Gasteiger partial charge is 0.357 e. The molecular formula is C11H9BrClIN4. The molecule has 2 N–H and O–H groups in total. The minimum Gasteiger partial charge on any atom is -0.357 e. The Labute approximate surface area is 132 Å². The first-order chi connectivity index (χ1) is 8.60. The summed E-state index contributed by atoms with van der Waals surface area (Å²) in [7, 11) is 1.76. The summed E-state index contributed by atoms with van der Waals surface area (Å²) in [6.45, 7) is 0. The van der Waals surface area contributed by atoms with Gasteiger partial charge in [0.2, 0.25) is 5.95 Å². The fourth-order valence-corrected chi connectivity index (χ4v) is 2.83. The van der Waals surface area contributed by atoms with Crippen molar-refractivity contribution in [3.05, 3.63) is 37.5 Å². The van der Waals surface area contributed by atoms with Gasteiger partial charge in [0.25, 0.3) is 0 Å². The Bertz CT molecular complexity index is 579. The Balaban J connectivity index is 2.33. The molecule has 0 bridgehead atoms. The molecule has 94 valence electrons. The number of nitrogens with one attached hydrogen (secondary N) is 2. The Morgan fingerprint density at radius 1 is 1.39 bits per heavy atom. The first kappa shape index (κ1) is 13.8. The molecule has 0 fully saturated rings. The third-order valence-electron chi connectivity index (χ3n) is 2.15. The quantitative estimate of drug-likeness (QED) is 0.701. The molecule has 1 heterocycles. The Hall–Kier alpha value is -0.600. The van der Waals surface area contributed by atoms with Gasteiger partial charge in [-0.3, -0.25) is 0 Å². The van der Waals surface area contributed by atoms with E-state index < -0.39 is 0 Å². The predicted molar refractivity (Wildman–Crippen MR) is 86.7 cm³/mol. The molecule has 0 aliphatic heterocycles. The molecule has 2 rings (SSSR count). The summed E-state index contributed by atoms with van der Waals surface area (Å²) in [5.74, 6) is 1.08. The highest BCUT2D eigenvalue weighted by atomic mass is 127. The third-order valence-corrected chi connectivity index (χ3v) is 3.76. The lowest BCUT2D eigenvalue weighted by atomic mass is 10.3. The van der Waals surface area contributed by atoms with Crippen LogP contribution < -0.4 is 10.6 Å². The zero-order chi connectivity index (χ0) is 13.1. The van der Waals surface area contributed by atoms with Crippen molar-refractivity contribution in [1.29, 1.82) is 0 Å². The normalized spacial score (nSPS) is 10.2. The van der Waals surface area contributed by atoms with E-state index in [1.165, 1.54) is 0 Å². The number of benzene rings is 1. The highest BCUT2D eigenvalue weighted by Crippen LogP contribution is 2.29. The molecule has 0 saturated heterocycles. The molecule has 0 aliphatic carbocycles. The molecule has 7 heteroatoms. The second-order valence-corrected chi connectivity index (χ2v) is 5.90. The Kier molecular flexibility index (Phi) is 4.63. The number of hydrogen-bond acceptors (Lipinski definition) is 4. The highest BCUT2D eigenvalue weighted by molar-refractivity contribution is 14.1. The first-order valence-electron chi connectivity index (χ1n) is 5.02. The number of nitrogens with zero attached hydrogens (tertiary/aromatic N) is 2. The molecule has 0 saturated carbocycles. The van der Waals surface area contributed by atoms with Gasteiger partial charge in [0.05, 0.1) is 11.9 Å². The summed E-state index contributed by atoms with van der Waals surface area (Å²) in [5, 5.41) is 6.51. The average molecular weight is 439 g/mol. The SMILES string of the molecule is CNc1ncc(Cl)c(Nc2ccc(I)cc2Br)n1.